The van der Waals surface area contributed by atoms with E-state index in [1.165, 1.54) is 9.87 Å². The van der Waals surface area contributed by atoms with Gasteiger partial charge in [0.05, 0.1) is 18.5 Å². The summed E-state index contributed by atoms with van der Waals surface area (Å²) in [5.41, 5.74) is 3.82. The highest BCUT2D eigenvalue weighted by atomic mass is 32.2. The van der Waals surface area contributed by atoms with Crippen LogP contribution < -0.4 is 14.4 Å². The summed E-state index contributed by atoms with van der Waals surface area (Å²) in [6.45, 7) is 12.7. The number of nitrogens with zero attached hydrogens (tertiary/aromatic N) is 1. The van der Waals surface area contributed by atoms with Gasteiger partial charge in [-0.1, -0.05) is 45.9 Å². The molecule has 7 heteroatoms. The second-order valence-corrected chi connectivity index (χ2v) is 11.0. The molecule has 0 saturated heterocycles. The van der Waals surface area contributed by atoms with E-state index in [1.54, 1.807) is 19.1 Å². The molecule has 32 heavy (non-hydrogen) atoms. The maximum absolute atomic E-state index is 12.9. The Kier molecular flexibility index (Phi) is 8.35. The molecular formula is C25H36N2O4S. The van der Waals surface area contributed by atoms with E-state index in [9.17, 15) is 13.2 Å². The fourth-order valence-corrected chi connectivity index (χ4v) is 4.64. The highest BCUT2D eigenvalue weighted by Gasteiger charge is 2.31. The van der Waals surface area contributed by atoms with E-state index in [4.69, 9.17) is 4.74 Å². The third-order valence-corrected chi connectivity index (χ3v) is 6.64. The van der Waals surface area contributed by atoms with Gasteiger partial charge in [-0.3, -0.25) is 9.10 Å². The van der Waals surface area contributed by atoms with Crippen LogP contribution in [0.1, 0.15) is 50.8 Å². The summed E-state index contributed by atoms with van der Waals surface area (Å²) < 4.78 is 32.1. The summed E-state index contributed by atoms with van der Waals surface area (Å²) in [4.78, 5) is 12.9. The summed E-state index contributed by atoms with van der Waals surface area (Å²) in [5, 5.41) is 2.82. The molecule has 6 nitrogen and oxygen atoms in total. The van der Waals surface area contributed by atoms with Crippen molar-refractivity contribution in [3.63, 3.8) is 0 Å². The largest absolute Gasteiger partial charge is 0.492 e. The molecule has 0 heterocycles. The second-order valence-electron chi connectivity index (χ2n) is 9.17. The van der Waals surface area contributed by atoms with E-state index in [0.717, 1.165) is 23.1 Å². The Morgan fingerprint density at radius 2 is 1.69 bits per heavy atom. The number of sulfonamides is 1. The van der Waals surface area contributed by atoms with Crippen LogP contribution in [-0.4, -0.2) is 39.8 Å². The molecule has 2 aromatic carbocycles. The highest BCUT2D eigenvalue weighted by Crippen LogP contribution is 2.26. The van der Waals surface area contributed by atoms with Gasteiger partial charge in [0.25, 0.3) is 0 Å². The van der Waals surface area contributed by atoms with Crippen LogP contribution in [0.15, 0.2) is 42.5 Å². The smallest absolute Gasteiger partial charge is 0.244 e. The number of hydrogen-bond acceptors (Lipinski definition) is 4. The summed E-state index contributed by atoms with van der Waals surface area (Å²) in [6, 6.07) is 12.5. The van der Waals surface area contributed by atoms with Gasteiger partial charge in [-0.05, 0) is 66.6 Å². The monoisotopic (exact) mass is 460 g/mol. The lowest BCUT2D eigenvalue weighted by molar-refractivity contribution is -0.122. The summed E-state index contributed by atoms with van der Waals surface area (Å²) in [7, 11) is -3.65. The zero-order chi connectivity index (χ0) is 24.1. The van der Waals surface area contributed by atoms with Gasteiger partial charge in [0, 0.05) is 0 Å². The van der Waals surface area contributed by atoms with Crippen LogP contribution in [0.3, 0.4) is 0 Å². The molecule has 1 atom stereocenters. The Hall–Kier alpha value is -2.54. The van der Waals surface area contributed by atoms with Crippen molar-refractivity contribution in [1.82, 2.24) is 5.32 Å². The standard InChI is InChI=1S/C25H36N2O4S/c1-8-23(27(32(7,29)30)21-12-9-18(2)19(3)17-21)24(28)26-15-16-31-22-13-10-20(11-14-22)25(4,5)6/h9-14,17,23H,8,15-16H2,1-7H3,(H,26,28)/t23-/m0/s1. The summed E-state index contributed by atoms with van der Waals surface area (Å²) in [6.07, 6.45) is 1.48. The highest BCUT2D eigenvalue weighted by molar-refractivity contribution is 7.92. The molecule has 2 aromatic rings. The molecule has 0 radical (unpaired) electrons. The number of hydrogen-bond donors (Lipinski definition) is 1. The molecule has 1 N–H and O–H groups in total. The molecule has 0 unspecified atom stereocenters. The minimum atomic E-state index is -3.65. The lowest BCUT2D eigenvalue weighted by atomic mass is 9.87. The number of benzene rings is 2. The van der Waals surface area contributed by atoms with E-state index in [1.807, 2.05) is 44.2 Å². The predicted octanol–water partition coefficient (Wildman–Crippen LogP) is 4.34. The number of aryl methyl sites for hydroxylation is 2. The maximum atomic E-state index is 12.9. The van der Waals surface area contributed by atoms with Gasteiger partial charge in [-0.15, -0.1) is 0 Å². The van der Waals surface area contributed by atoms with Crippen molar-refractivity contribution in [2.24, 2.45) is 0 Å². The average Bonchev–Trinajstić information content (AvgIpc) is 2.70. The van der Waals surface area contributed by atoms with E-state index < -0.39 is 16.1 Å². The van der Waals surface area contributed by atoms with Crippen molar-refractivity contribution in [1.29, 1.82) is 0 Å². The molecule has 0 aliphatic carbocycles. The van der Waals surface area contributed by atoms with Crippen molar-refractivity contribution in [3.05, 3.63) is 59.2 Å². The van der Waals surface area contributed by atoms with Gasteiger partial charge in [0.15, 0.2) is 0 Å². The predicted molar refractivity (Wildman–Crippen MR) is 131 cm³/mol. The number of anilines is 1. The van der Waals surface area contributed by atoms with Gasteiger partial charge < -0.3 is 10.1 Å². The Morgan fingerprint density at radius 1 is 1.06 bits per heavy atom. The van der Waals surface area contributed by atoms with Crippen LogP contribution in [0.4, 0.5) is 5.69 Å². The Morgan fingerprint density at radius 3 is 2.19 bits per heavy atom. The van der Waals surface area contributed by atoms with Gasteiger partial charge >= 0.3 is 0 Å². The number of amides is 1. The first-order chi connectivity index (χ1) is 14.8. The molecular weight excluding hydrogens is 424 g/mol. The van der Waals surface area contributed by atoms with Crippen LogP contribution in [0.5, 0.6) is 5.75 Å². The van der Waals surface area contributed by atoms with Crippen LogP contribution in [-0.2, 0) is 20.2 Å². The molecule has 1 amide bonds. The fraction of sp³-hybridized carbons (Fsp3) is 0.480. The molecule has 0 aromatic heterocycles. The molecule has 0 spiro atoms. The van der Waals surface area contributed by atoms with Gasteiger partial charge in [-0.2, -0.15) is 0 Å². The first-order valence-electron chi connectivity index (χ1n) is 10.9. The minimum Gasteiger partial charge on any atom is -0.492 e. The van der Waals surface area contributed by atoms with Crippen LogP contribution >= 0.6 is 0 Å². The molecule has 2 rings (SSSR count). The quantitative estimate of drug-likeness (QED) is 0.565. The molecule has 0 aliphatic heterocycles. The maximum Gasteiger partial charge on any atom is 0.244 e. The van der Waals surface area contributed by atoms with Crippen LogP contribution in [0.2, 0.25) is 0 Å². The number of nitrogens with one attached hydrogen (secondary N) is 1. The molecule has 0 aliphatic rings. The van der Waals surface area contributed by atoms with E-state index in [0.29, 0.717) is 18.7 Å². The molecule has 0 saturated carbocycles. The van der Waals surface area contributed by atoms with E-state index in [-0.39, 0.29) is 17.9 Å². The van der Waals surface area contributed by atoms with Crippen LogP contribution in [0.25, 0.3) is 0 Å². The molecule has 176 valence electrons. The van der Waals surface area contributed by atoms with Gasteiger partial charge in [-0.25, -0.2) is 8.42 Å². The SMILES string of the molecule is CC[C@@H](C(=O)NCCOc1ccc(C(C)(C)C)cc1)N(c1ccc(C)c(C)c1)S(C)(=O)=O. The zero-order valence-corrected chi connectivity index (χ0v) is 21.0. The van der Waals surface area contributed by atoms with Gasteiger partial charge in [0.2, 0.25) is 15.9 Å². The van der Waals surface area contributed by atoms with Gasteiger partial charge in [0.1, 0.15) is 18.4 Å². The van der Waals surface area contributed by atoms with E-state index >= 15 is 0 Å². The van der Waals surface area contributed by atoms with Crippen LogP contribution in [0, 0.1) is 13.8 Å². The number of rotatable bonds is 9. The zero-order valence-electron chi connectivity index (χ0n) is 20.2. The minimum absolute atomic E-state index is 0.0726. The first-order valence-corrected chi connectivity index (χ1v) is 12.8. The lowest BCUT2D eigenvalue weighted by Crippen LogP contribution is -2.50. The van der Waals surface area contributed by atoms with E-state index in [2.05, 4.69) is 26.1 Å². The topological polar surface area (TPSA) is 75.7 Å². The summed E-state index contributed by atoms with van der Waals surface area (Å²) in [5.74, 6) is 0.384. The lowest BCUT2D eigenvalue weighted by Gasteiger charge is -2.30. The normalized spacial score (nSPS) is 12.8. The van der Waals surface area contributed by atoms with Crippen molar-refractivity contribution >= 4 is 21.6 Å². The Labute approximate surface area is 193 Å². The number of carbonyl (C=O) groups is 1. The Balaban J connectivity index is 2.03. The average molecular weight is 461 g/mol. The van der Waals surface area contributed by atoms with Crippen molar-refractivity contribution in [3.8, 4) is 5.75 Å². The third kappa shape index (κ3) is 6.73. The van der Waals surface area contributed by atoms with Crippen molar-refractivity contribution in [2.45, 2.75) is 59.4 Å². The number of ether oxygens (including phenoxy) is 1. The first kappa shape index (κ1) is 25.7. The second kappa shape index (κ2) is 10.4. The fourth-order valence-electron chi connectivity index (χ4n) is 3.44. The summed E-state index contributed by atoms with van der Waals surface area (Å²) >= 11 is 0. The number of carbonyl (C=O) groups excluding carboxylic acids is 1. The molecule has 0 fully saturated rings. The van der Waals surface area contributed by atoms with Crippen molar-refractivity contribution in [2.75, 3.05) is 23.7 Å². The van der Waals surface area contributed by atoms with Crippen molar-refractivity contribution < 1.29 is 17.9 Å². The molecule has 0 bridgehead atoms. The third-order valence-electron chi connectivity index (χ3n) is 5.47. The Bertz CT molecular complexity index is 1020.